The van der Waals surface area contributed by atoms with E-state index in [0.29, 0.717) is 24.3 Å². The zero-order valence-corrected chi connectivity index (χ0v) is 28.4. The number of urea groups is 1. The van der Waals surface area contributed by atoms with Crippen molar-refractivity contribution in [3.8, 4) is 0 Å². The first kappa shape index (κ1) is 40.4. The van der Waals surface area contributed by atoms with E-state index in [1.807, 2.05) is 0 Å². The Morgan fingerprint density at radius 1 is 0.620 bits per heavy atom. The summed E-state index contributed by atoms with van der Waals surface area (Å²) in [7, 11) is 0. The first-order valence-electron chi connectivity index (χ1n) is 15.0. The van der Waals surface area contributed by atoms with E-state index in [-0.39, 0.29) is 63.8 Å². The monoisotopic (exact) mass is 721 g/mol. The number of esters is 2. The topological polar surface area (TPSA) is 236 Å². The van der Waals surface area contributed by atoms with Crippen LogP contribution in [0, 0.1) is 0 Å². The Bertz CT molecular complexity index is 1660. The molecule has 0 aliphatic heterocycles. The molecular formula is C30H39N7O12S. The highest BCUT2D eigenvalue weighted by molar-refractivity contribution is 7.80. The number of alkyl carbamates (subject to hydrolysis) is 2. The molecule has 0 fully saturated rings. The summed E-state index contributed by atoms with van der Waals surface area (Å²) in [5.74, 6) is -1.32. The van der Waals surface area contributed by atoms with Gasteiger partial charge in [-0.15, -0.1) is 12.6 Å². The summed E-state index contributed by atoms with van der Waals surface area (Å²) in [4.78, 5) is 99.6. The number of benzene rings is 1. The number of thiol groups is 1. The number of aromatic nitrogens is 3. The normalized spacial score (nSPS) is 10.3. The van der Waals surface area contributed by atoms with E-state index >= 15 is 0 Å². The summed E-state index contributed by atoms with van der Waals surface area (Å²) in [5, 5.41) is 9.76. The van der Waals surface area contributed by atoms with Gasteiger partial charge in [0.2, 0.25) is 0 Å². The number of carbonyl (C=O) groups excluding carboxylic acids is 5. The van der Waals surface area contributed by atoms with Gasteiger partial charge in [-0.2, -0.15) is 0 Å². The van der Waals surface area contributed by atoms with E-state index in [0.717, 1.165) is 0 Å². The highest BCUT2D eigenvalue weighted by Gasteiger charge is 2.17. The Morgan fingerprint density at radius 2 is 0.980 bits per heavy atom. The lowest BCUT2D eigenvalue weighted by Crippen LogP contribution is -2.56. The molecule has 50 heavy (non-hydrogen) atoms. The summed E-state index contributed by atoms with van der Waals surface area (Å²) in [6.07, 6.45) is -1.87. The van der Waals surface area contributed by atoms with Crippen molar-refractivity contribution in [2.75, 3.05) is 51.4 Å². The van der Waals surface area contributed by atoms with Gasteiger partial charge in [-0.05, 0) is 38.1 Å². The third-order valence-electron chi connectivity index (χ3n) is 6.14. The first-order chi connectivity index (χ1) is 23.7. The van der Waals surface area contributed by atoms with Crippen LogP contribution in [-0.2, 0) is 48.2 Å². The molecule has 0 radical (unpaired) electrons. The Kier molecular flexibility index (Phi) is 16.6. The molecule has 1 aromatic carbocycles. The third-order valence-corrected chi connectivity index (χ3v) is 6.44. The lowest BCUT2D eigenvalue weighted by molar-refractivity contribution is -0.140. The van der Waals surface area contributed by atoms with Crippen molar-refractivity contribution in [1.82, 2.24) is 29.7 Å². The highest BCUT2D eigenvalue weighted by atomic mass is 32.1. The van der Waals surface area contributed by atoms with Crippen molar-refractivity contribution in [3.63, 3.8) is 0 Å². The average molecular weight is 722 g/mol. The van der Waals surface area contributed by atoms with Crippen LogP contribution in [0.15, 0.2) is 67.8 Å². The number of ether oxygens (including phenoxy) is 4. The van der Waals surface area contributed by atoms with Crippen LogP contribution in [-0.4, -0.2) is 89.9 Å². The van der Waals surface area contributed by atoms with E-state index in [2.05, 4.69) is 47.1 Å². The van der Waals surface area contributed by atoms with Gasteiger partial charge in [0.15, 0.2) is 0 Å². The van der Waals surface area contributed by atoms with E-state index in [9.17, 15) is 38.4 Å². The second-order valence-electron chi connectivity index (χ2n) is 10.2. The van der Waals surface area contributed by atoms with Crippen LogP contribution in [0.5, 0.6) is 0 Å². The Balaban J connectivity index is 2.09. The molecule has 0 spiro atoms. The van der Waals surface area contributed by atoms with E-state index in [4.69, 9.17) is 18.9 Å². The van der Waals surface area contributed by atoms with Gasteiger partial charge in [0, 0.05) is 61.0 Å². The van der Waals surface area contributed by atoms with Crippen LogP contribution in [0.4, 0.5) is 20.1 Å². The van der Waals surface area contributed by atoms with Gasteiger partial charge in [0.25, 0.3) is 0 Å². The minimum absolute atomic E-state index is 0.167. The second kappa shape index (κ2) is 20.5. The largest absolute Gasteiger partial charge is 0.459 e. The maximum atomic E-state index is 13.2. The summed E-state index contributed by atoms with van der Waals surface area (Å²) in [5.41, 5.74) is -2.30. The summed E-state index contributed by atoms with van der Waals surface area (Å²) >= 11 is 4.18. The number of nitrogens with one attached hydrogen (secondary N) is 4. The molecule has 0 bridgehead atoms. The fourth-order valence-corrected chi connectivity index (χ4v) is 3.83. The number of hydrogen-bond donors (Lipinski definition) is 5. The Morgan fingerprint density at radius 3 is 1.36 bits per heavy atom. The molecule has 1 heterocycles. The maximum absolute atomic E-state index is 13.2. The molecule has 0 saturated heterocycles. The van der Waals surface area contributed by atoms with Crippen LogP contribution in [0.1, 0.15) is 13.8 Å². The molecule has 0 saturated carbocycles. The molecule has 2 rings (SSSR count). The fraction of sp³-hybridized carbons (Fsp3) is 0.400. The van der Waals surface area contributed by atoms with Gasteiger partial charge in [0.1, 0.15) is 26.4 Å². The van der Waals surface area contributed by atoms with Crippen LogP contribution in [0.2, 0.25) is 0 Å². The standard InChI is InChI=1S/C30H39N7O12S/c1-19(2)23(38)46-15-17-48-26(41)32-10-13-36-28(43)35(12-9-31-25(40)34-21-5-7-22(50)8-6-21)29(44)37(30(36)45)14-11-33-27(42)49-18-16-47-24(39)20(3)4/h5-8,50H,1,3,9-18H2,2,4H3,(H,32,41)(H,33,42)(H2,31,34,40). The second-order valence-corrected chi connectivity index (χ2v) is 10.7. The summed E-state index contributed by atoms with van der Waals surface area (Å²) < 4.78 is 21.5. The minimum atomic E-state index is -1.04. The quantitative estimate of drug-likeness (QED) is 0.0449. The average Bonchev–Trinajstić information content (AvgIpc) is 3.06. The molecule has 20 heteroatoms. The Hall–Kier alpha value is -5.79. The van der Waals surface area contributed by atoms with E-state index in [1.54, 1.807) is 24.3 Å². The predicted molar refractivity (Wildman–Crippen MR) is 180 cm³/mol. The molecule has 4 amide bonds. The number of anilines is 1. The minimum Gasteiger partial charge on any atom is -0.459 e. The van der Waals surface area contributed by atoms with Crippen LogP contribution >= 0.6 is 12.6 Å². The van der Waals surface area contributed by atoms with Crippen molar-refractivity contribution in [2.24, 2.45) is 0 Å². The third kappa shape index (κ3) is 13.7. The lowest BCUT2D eigenvalue weighted by Gasteiger charge is -2.15. The zero-order chi connectivity index (χ0) is 37.2. The molecule has 0 aliphatic carbocycles. The van der Waals surface area contributed by atoms with Crippen molar-refractivity contribution < 1.29 is 42.9 Å². The zero-order valence-electron chi connectivity index (χ0n) is 27.5. The summed E-state index contributed by atoms with van der Waals surface area (Å²) in [6.45, 7) is 6.81. The molecule has 0 unspecified atom stereocenters. The molecule has 0 atom stereocenters. The number of nitrogens with zero attached hydrogens (tertiary/aromatic N) is 3. The fourth-order valence-electron chi connectivity index (χ4n) is 3.68. The molecule has 2 aromatic rings. The lowest BCUT2D eigenvalue weighted by atomic mass is 10.3. The van der Waals surface area contributed by atoms with Crippen molar-refractivity contribution >= 4 is 48.5 Å². The van der Waals surface area contributed by atoms with Crippen molar-refractivity contribution in [2.45, 2.75) is 38.4 Å². The number of rotatable bonds is 18. The number of hydrogen-bond acceptors (Lipinski definition) is 13. The molecule has 4 N–H and O–H groups in total. The van der Waals surface area contributed by atoms with Gasteiger partial charge in [-0.3, -0.25) is 0 Å². The SMILES string of the molecule is C=C(C)C(=O)OCCOC(=O)NCCn1c(=O)n(CCNC(=O)Nc2ccc(S)cc2)c(=O)n(CCNC(=O)OCCOC(=O)C(=C)C)c1=O. The van der Waals surface area contributed by atoms with Gasteiger partial charge in [0.05, 0.1) is 0 Å². The van der Waals surface area contributed by atoms with Crippen LogP contribution in [0.25, 0.3) is 0 Å². The van der Waals surface area contributed by atoms with Gasteiger partial charge in [-0.25, -0.2) is 52.1 Å². The number of amides is 4. The first-order valence-corrected chi connectivity index (χ1v) is 15.4. The van der Waals surface area contributed by atoms with E-state index < -0.39 is 60.3 Å². The highest BCUT2D eigenvalue weighted by Crippen LogP contribution is 2.11. The maximum Gasteiger partial charge on any atom is 0.407 e. The molecule has 272 valence electrons. The molecular weight excluding hydrogens is 682 g/mol. The van der Waals surface area contributed by atoms with Crippen LogP contribution in [0.3, 0.4) is 0 Å². The van der Waals surface area contributed by atoms with E-state index in [1.165, 1.54) is 13.8 Å². The van der Waals surface area contributed by atoms with Crippen LogP contribution < -0.4 is 38.3 Å². The van der Waals surface area contributed by atoms with Gasteiger partial charge >= 0.3 is 47.2 Å². The smallest absolute Gasteiger partial charge is 0.407 e. The summed E-state index contributed by atoms with van der Waals surface area (Å²) in [6, 6.07) is 5.93. The molecule has 19 nitrogen and oxygen atoms in total. The van der Waals surface area contributed by atoms with Gasteiger partial charge in [-0.1, -0.05) is 13.2 Å². The Labute approximate surface area is 290 Å². The van der Waals surface area contributed by atoms with Crippen molar-refractivity contribution in [3.05, 3.63) is 80.0 Å². The number of carbonyl (C=O) groups is 5. The van der Waals surface area contributed by atoms with Gasteiger partial charge < -0.3 is 40.2 Å². The van der Waals surface area contributed by atoms with Crippen molar-refractivity contribution in [1.29, 1.82) is 0 Å². The molecule has 1 aromatic heterocycles. The predicted octanol–water partition coefficient (Wildman–Crippen LogP) is -0.0269. The molecule has 0 aliphatic rings.